The van der Waals surface area contributed by atoms with Gasteiger partial charge in [-0.1, -0.05) is 18.2 Å². The van der Waals surface area contributed by atoms with E-state index in [9.17, 15) is 23.2 Å². The quantitative estimate of drug-likeness (QED) is 0.607. The minimum absolute atomic E-state index is 0.0169. The van der Waals surface area contributed by atoms with Crippen LogP contribution in [0.25, 0.3) is 0 Å². The maximum absolute atomic E-state index is 13.5. The number of nitrogens with one attached hydrogen (secondary N) is 2. The van der Waals surface area contributed by atoms with Gasteiger partial charge in [-0.3, -0.25) is 14.4 Å². The van der Waals surface area contributed by atoms with Crippen LogP contribution in [0.2, 0.25) is 0 Å². The highest BCUT2D eigenvalue weighted by molar-refractivity contribution is 8.01. The zero-order valence-electron chi connectivity index (χ0n) is 15.6. The van der Waals surface area contributed by atoms with E-state index in [-0.39, 0.29) is 18.2 Å². The number of carbonyl (C=O) groups is 3. The van der Waals surface area contributed by atoms with Gasteiger partial charge < -0.3 is 15.4 Å². The van der Waals surface area contributed by atoms with Crippen LogP contribution >= 0.6 is 11.8 Å². The molecule has 154 valence electrons. The standard InChI is InChI=1S/C20H20F2N2O4S/c1-13(29-12-19(26)24-16-8-6-15(21)7-9-16)20(27)28-11-18(25)23-10-14-4-2-3-5-17(14)22/h2-9,13H,10-12H2,1H3,(H,23,25)(H,24,26). The Bertz CT molecular complexity index is 862. The summed E-state index contributed by atoms with van der Waals surface area (Å²) in [7, 11) is 0. The monoisotopic (exact) mass is 422 g/mol. The molecular weight excluding hydrogens is 402 g/mol. The number of amides is 2. The van der Waals surface area contributed by atoms with Gasteiger partial charge in [0.2, 0.25) is 5.91 Å². The molecule has 29 heavy (non-hydrogen) atoms. The van der Waals surface area contributed by atoms with E-state index >= 15 is 0 Å². The summed E-state index contributed by atoms with van der Waals surface area (Å²) >= 11 is 1.04. The van der Waals surface area contributed by atoms with E-state index in [0.717, 1.165) is 11.8 Å². The van der Waals surface area contributed by atoms with Crippen molar-refractivity contribution in [3.8, 4) is 0 Å². The number of benzene rings is 2. The lowest BCUT2D eigenvalue weighted by Gasteiger charge is -2.12. The highest BCUT2D eigenvalue weighted by Gasteiger charge is 2.18. The van der Waals surface area contributed by atoms with E-state index in [4.69, 9.17) is 4.74 Å². The maximum Gasteiger partial charge on any atom is 0.319 e. The van der Waals surface area contributed by atoms with Gasteiger partial charge in [-0.15, -0.1) is 11.8 Å². The topological polar surface area (TPSA) is 84.5 Å². The van der Waals surface area contributed by atoms with Crippen molar-refractivity contribution in [2.45, 2.75) is 18.7 Å². The van der Waals surface area contributed by atoms with Gasteiger partial charge in [0.15, 0.2) is 6.61 Å². The molecule has 2 aromatic rings. The molecule has 0 heterocycles. The van der Waals surface area contributed by atoms with Gasteiger partial charge >= 0.3 is 5.97 Å². The highest BCUT2D eigenvalue weighted by atomic mass is 32.2. The van der Waals surface area contributed by atoms with Crippen LogP contribution in [0.1, 0.15) is 12.5 Å². The molecule has 0 radical (unpaired) electrons. The van der Waals surface area contributed by atoms with Crippen LogP contribution in [0.5, 0.6) is 0 Å². The minimum atomic E-state index is -0.673. The number of rotatable bonds is 9. The van der Waals surface area contributed by atoms with Gasteiger partial charge in [0.05, 0.1) is 5.75 Å². The van der Waals surface area contributed by atoms with Crippen molar-refractivity contribution in [2.75, 3.05) is 17.7 Å². The third-order valence-electron chi connectivity index (χ3n) is 3.70. The predicted octanol–water partition coefficient (Wildman–Crippen LogP) is 2.88. The van der Waals surface area contributed by atoms with E-state index in [1.165, 1.54) is 36.4 Å². The minimum Gasteiger partial charge on any atom is -0.455 e. The molecular formula is C20H20F2N2O4S. The van der Waals surface area contributed by atoms with Crippen molar-refractivity contribution in [3.63, 3.8) is 0 Å². The Morgan fingerprint density at radius 3 is 2.41 bits per heavy atom. The third kappa shape index (κ3) is 7.90. The molecule has 0 aliphatic heterocycles. The summed E-state index contributed by atoms with van der Waals surface area (Å²) in [6.45, 7) is 1.03. The molecule has 0 spiro atoms. The molecule has 2 aromatic carbocycles. The number of carbonyl (C=O) groups excluding carboxylic acids is 3. The van der Waals surface area contributed by atoms with Crippen LogP contribution in [-0.4, -0.2) is 35.4 Å². The molecule has 2 N–H and O–H groups in total. The Labute approximate surface area is 171 Å². The summed E-state index contributed by atoms with van der Waals surface area (Å²) in [6, 6.07) is 11.3. The predicted molar refractivity (Wildman–Crippen MR) is 106 cm³/mol. The molecule has 1 atom stereocenters. The van der Waals surface area contributed by atoms with Crippen molar-refractivity contribution in [2.24, 2.45) is 0 Å². The molecule has 6 nitrogen and oxygen atoms in total. The molecule has 2 amide bonds. The maximum atomic E-state index is 13.5. The van der Waals surface area contributed by atoms with E-state index in [1.807, 2.05) is 0 Å². The van der Waals surface area contributed by atoms with Crippen LogP contribution in [-0.2, 0) is 25.7 Å². The SMILES string of the molecule is CC(SCC(=O)Nc1ccc(F)cc1)C(=O)OCC(=O)NCc1ccccc1F. The fourth-order valence-corrected chi connectivity index (χ4v) is 2.82. The van der Waals surface area contributed by atoms with E-state index in [1.54, 1.807) is 19.1 Å². The van der Waals surface area contributed by atoms with E-state index < -0.39 is 35.4 Å². The van der Waals surface area contributed by atoms with Crippen molar-refractivity contribution < 1.29 is 27.9 Å². The Morgan fingerprint density at radius 1 is 1.03 bits per heavy atom. The van der Waals surface area contributed by atoms with E-state index in [0.29, 0.717) is 11.3 Å². The summed E-state index contributed by atoms with van der Waals surface area (Å²) in [6.07, 6.45) is 0. The first-order valence-corrected chi connectivity index (χ1v) is 9.74. The zero-order valence-corrected chi connectivity index (χ0v) is 16.4. The Morgan fingerprint density at radius 2 is 1.72 bits per heavy atom. The normalized spacial score (nSPS) is 11.4. The van der Waals surface area contributed by atoms with Gasteiger partial charge in [0, 0.05) is 17.8 Å². The molecule has 0 aliphatic carbocycles. The molecule has 1 unspecified atom stereocenters. The molecule has 0 saturated carbocycles. The fraction of sp³-hybridized carbons (Fsp3) is 0.250. The van der Waals surface area contributed by atoms with Crippen LogP contribution in [0.4, 0.5) is 14.5 Å². The van der Waals surface area contributed by atoms with Gasteiger partial charge in [-0.2, -0.15) is 0 Å². The summed E-state index contributed by atoms with van der Waals surface area (Å²) < 4.78 is 31.2. The first-order valence-electron chi connectivity index (χ1n) is 8.69. The van der Waals surface area contributed by atoms with Crippen molar-refractivity contribution in [1.82, 2.24) is 5.32 Å². The Balaban J connectivity index is 1.66. The lowest BCUT2D eigenvalue weighted by atomic mass is 10.2. The Kier molecular flexibility index (Phi) is 8.60. The number of hydrogen-bond donors (Lipinski definition) is 2. The number of halogens is 2. The van der Waals surface area contributed by atoms with Crippen LogP contribution in [0.15, 0.2) is 48.5 Å². The van der Waals surface area contributed by atoms with Crippen molar-refractivity contribution in [3.05, 3.63) is 65.7 Å². The fourth-order valence-electron chi connectivity index (χ4n) is 2.14. The molecule has 2 rings (SSSR count). The Hall–Kier alpha value is -2.94. The summed E-state index contributed by atoms with van der Waals surface area (Å²) in [5, 5.41) is 4.37. The molecule has 0 saturated heterocycles. The highest BCUT2D eigenvalue weighted by Crippen LogP contribution is 2.14. The second-order valence-corrected chi connectivity index (χ2v) is 7.31. The second-order valence-electron chi connectivity index (χ2n) is 5.98. The number of hydrogen-bond acceptors (Lipinski definition) is 5. The van der Waals surface area contributed by atoms with Gasteiger partial charge in [0.25, 0.3) is 5.91 Å². The average Bonchev–Trinajstić information content (AvgIpc) is 2.71. The smallest absolute Gasteiger partial charge is 0.319 e. The lowest BCUT2D eigenvalue weighted by molar-refractivity contribution is -0.147. The van der Waals surface area contributed by atoms with Gasteiger partial charge in [0.1, 0.15) is 16.9 Å². The summed E-state index contributed by atoms with van der Waals surface area (Å²) in [5.41, 5.74) is 0.766. The van der Waals surface area contributed by atoms with Crippen molar-refractivity contribution in [1.29, 1.82) is 0 Å². The molecule has 0 bridgehead atoms. The second kappa shape index (κ2) is 11.2. The van der Waals surface area contributed by atoms with Gasteiger partial charge in [-0.25, -0.2) is 8.78 Å². The summed E-state index contributed by atoms with van der Waals surface area (Å²) in [4.78, 5) is 35.5. The largest absolute Gasteiger partial charge is 0.455 e. The molecule has 9 heteroatoms. The number of esters is 1. The van der Waals surface area contributed by atoms with Crippen LogP contribution < -0.4 is 10.6 Å². The zero-order chi connectivity index (χ0) is 21.2. The van der Waals surface area contributed by atoms with Gasteiger partial charge in [-0.05, 0) is 37.3 Å². The summed E-state index contributed by atoms with van der Waals surface area (Å²) in [5.74, 6) is -2.43. The number of ether oxygens (including phenoxy) is 1. The molecule has 0 aliphatic rings. The molecule has 0 aromatic heterocycles. The van der Waals surface area contributed by atoms with Crippen molar-refractivity contribution >= 4 is 35.2 Å². The lowest BCUT2D eigenvalue weighted by Crippen LogP contribution is -2.30. The van der Waals surface area contributed by atoms with Crippen LogP contribution in [0, 0.1) is 11.6 Å². The van der Waals surface area contributed by atoms with E-state index in [2.05, 4.69) is 10.6 Å². The first-order chi connectivity index (χ1) is 13.8. The average molecular weight is 422 g/mol. The first kappa shape index (κ1) is 22.4. The third-order valence-corrected chi connectivity index (χ3v) is 4.83. The molecule has 0 fully saturated rings. The number of anilines is 1. The van der Waals surface area contributed by atoms with Crippen LogP contribution in [0.3, 0.4) is 0 Å². The number of thioether (sulfide) groups is 1.